The summed E-state index contributed by atoms with van der Waals surface area (Å²) in [6, 6.07) is 5.81. The fourth-order valence-electron chi connectivity index (χ4n) is 3.34. The molecule has 0 saturated carbocycles. The van der Waals surface area contributed by atoms with E-state index in [1.807, 2.05) is 0 Å². The molecule has 3 rings (SSSR count). The van der Waals surface area contributed by atoms with Crippen molar-refractivity contribution in [2.45, 2.75) is 21.9 Å². The van der Waals surface area contributed by atoms with Crippen LogP contribution in [0.3, 0.4) is 0 Å². The molecular weight excluding hydrogens is 594 g/mol. The first-order chi connectivity index (χ1) is 15.6. The molecule has 16 heteroatoms. The van der Waals surface area contributed by atoms with Crippen molar-refractivity contribution in [3.63, 3.8) is 0 Å². The molecule has 2 aromatic carbocycles. The van der Waals surface area contributed by atoms with E-state index in [-0.39, 0.29) is 29.9 Å². The molecule has 1 aliphatic heterocycles. The molecule has 1 heterocycles. The maximum atomic E-state index is 13.4. The summed E-state index contributed by atoms with van der Waals surface area (Å²) in [7, 11) is -12.2. The van der Waals surface area contributed by atoms with E-state index in [4.69, 9.17) is 46.4 Å². The van der Waals surface area contributed by atoms with Crippen molar-refractivity contribution in [1.82, 2.24) is 9.03 Å². The van der Waals surface area contributed by atoms with Gasteiger partial charge in [-0.3, -0.25) is 0 Å². The van der Waals surface area contributed by atoms with Gasteiger partial charge in [0.25, 0.3) is 0 Å². The summed E-state index contributed by atoms with van der Waals surface area (Å²) in [5, 5.41) is 10.5. The summed E-state index contributed by atoms with van der Waals surface area (Å²) >= 11 is 23.5. The predicted octanol–water partition coefficient (Wildman–Crippen LogP) is 2.43. The molecule has 0 amide bonds. The van der Waals surface area contributed by atoms with Crippen molar-refractivity contribution in [1.29, 1.82) is 0 Å². The summed E-state index contributed by atoms with van der Waals surface area (Å²) in [4.78, 5) is -0.505. The minimum atomic E-state index is -4.41. The summed E-state index contributed by atoms with van der Waals surface area (Å²) in [5.41, 5.74) is 0. The van der Waals surface area contributed by atoms with Crippen LogP contribution in [0.4, 0.5) is 0 Å². The van der Waals surface area contributed by atoms with Crippen molar-refractivity contribution in [2.24, 2.45) is 0 Å². The van der Waals surface area contributed by atoms with Gasteiger partial charge in [0, 0.05) is 13.1 Å². The lowest BCUT2D eigenvalue weighted by atomic mass is 10.2. The van der Waals surface area contributed by atoms with E-state index in [0.717, 1.165) is 16.4 Å². The fourth-order valence-corrected chi connectivity index (χ4v) is 8.69. The third kappa shape index (κ3) is 6.17. The van der Waals surface area contributed by atoms with Gasteiger partial charge in [0.1, 0.15) is 0 Å². The Morgan fingerprint density at radius 3 is 1.91 bits per heavy atom. The van der Waals surface area contributed by atoms with E-state index in [2.05, 4.69) is 4.72 Å². The smallest absolute Gasteiger partial charge is 0.243 e. The average Bonchev–Trinajstić information content (AvgIpc) is 3.00. The van der Waals surface area contributed by atoms with E-state index in [0.29, 0.717) is 0 Å². The number of aliphatic hydroxyl groups is 1. The number of benzene rings is 2. The van der Waals surface area contributed by atoms with Gasteiger partial charge in [-0.05, 0) is 36.4 Å². The third-order valence-corrected chi connectivity index (χ3v) is 11.5. The molecule has 1 saturated heterocycles. The molecule has 2 aromatic rings. The number of halogens is 4. The number of nitrogens with one attached hydrogen (secondary N) is 1. The number of aliphatic hydroxyl groups excluding tert-OH is 1. The summed E-state index contributed by atoms with van der Waals surface area (Å²) in [6.07, 6.45) is -1.51. The van der Waals surface area contributed by atoms with Gasteiger partial charge >= 0.3 is 0 Å². The maximum Gasteiger partial charge on any atom is 0.243 e. The van der Waals surface area contributed by atoms with E-state index >= 15 is 0 Å². The lowest BCUT2D eigenvalue weighted by molar-refractivity contribution is 0.128. The molecule has 0 bridgehead atoms. The van der Waals surface area contributed by atoms with Crippen LogP contribution in [-0.4, -0.2) is 71.4 Å². The molecule has 2 atom stereocenters. The first kappa shape index (κ1) is 27.9. The van der Waals surface area contributed by atoms with Crippen LogP contribution in [-0.2, 0) is 29.9 Å². The average molecular weight is 612 g/mol. The van der Waals surface area contributed by atoms with Gasteiger partial charge in [0.05, 0.1) is 53.5 Å². The lowest BCUT2D eigenvalue weighted by Crippen LogP contribution is -2.49. The van der Waals surface area contributed by atoms with Crippen molar-refractivity contribution in [3.8, 4) is 0 Å². The minimum absolute atomic E-state index is 0.00708. The molecule has 0 spiro atoms. The number of nitrogens with zero attached hydrogens (tertiary/aromatic N) is 1. The van der Waals surface area contributed by atoms with Gasteiger partial charge in [-0.15, -0.1) is 0 Å². The Labute approximate surface area is 217 Å². The molecule has 0 aliphatic carbocycles. The Hall–Kier alpha value is -0.670. The molecule has 0 aromatic heterocycles. The van der Waals surface area contributed by atoms with Crippen molar-refractivity contribution < 1.29 is 30.4 Å². The van der Waals surface area contributed by atoms with Crippen LogP contribution in [0, 0.1) is 0 Å². The van der Waals surface area contributed by atoms with Gasteiger partial charge in [0.2, 0.25) is 20.0 Å². The predicted molar refractivity (Wildman–Crippen MR) is 130 cm³/mol. The minimum Gasteiger partial charge on any atom is -0.390 e. The molecule has 9 nitrogen and oxygen atoms in total. The molecule has 0 unspecified atom stereocenters. The van der Waals surface area contributed by atoms with E-state index in [1.54, 1.807) is 0 Å². The van der Waals surface area contributed by atoms with Gasteiger partial charge in [-0.2, -0.15) is 4.31 Å². The van der Waals surface area contributed by atoms with Gasteiger partial charge in [-0.25, -0.2) is 30.0 Å². The monoisotopic (exact) mass is 610 g/mol. The number of sulfone groups is 1. The van der Waals surface area contributed by atoms with Crippen LogP contribution in [0.2, 0.25) is 20.1 Å². The number of sulfonamides is 2. The summed E-state index contributed by atoms with van der Waals surface area (Å²) in [5.74, 6) is -1.26. The highest BCUT2D eigenvalue weighted by Gasteiger charge is 2.44. The van der Waals surface area contributed by atoms with E-state index in [1.165, 1.54) is 24.3 Å². The first-order valence-electron chi connectivity index (χ1n) is 9.44. The second-order valence-electron chi connectivity index (χ2n) is 7.38. The van der Waals surface area contributed by atoms with Gasteiger partial charge in [-0.1, -0.05) is 46.4 Å². The van der Waals surface area contributed by atoms with E-state index in [9.17, 15) is 30.4 Å². The van der Waals surface area contributed by atoms with Crippen LogP contribution >= 0.6 is 46.4 Å². The molecule has 34 heavy (non-hydrogen) atoms. The van der Waals surface area contributed by atoms with Crippen molar-refractivity contribution in [3.05, 3.63) is 56.5 Å². The van der Waals surface area contributed by atoms with Crippen molar-refractivity contribution in [2.75, 3.05) is 24.6 Å². The molecule has 1 aliphatic rings. The maximum absolute atomic E-state index is 13.4. The Kier molecular flexibility index (Phi) is 8.51. The molecule has 188 valence electrons. The number of hydrogen-bond donors (Lipinski definition) is 2. The largest absolute Gasteiger partial charge is 0.390 e. The second-order valence-corrected chi connectivity index (χ2v) is 14.8. The Morgan fingerprint density at radius 1 is 0.882 bits per heavy atom. The van der Waals surface area contributed by atoms with Crippen LogP contribution in [0.25, 0.3) is 0 Å². The Morgan fingerprint density at radius 2 is 1.41 bits per heavy atom. The van der Waals surface area contributed by atoms with Gasteiger partial charge < -0.3 is 5.11 Å². The van der Waals surface area contributed by atoms with E-state index < -0.39 is 66.6 Å². The summed E-state index contributed by atoms with van der Waals surface area (Å²) in [6.45, 7) is -0.924. The summed E-state index contributed by atoms with van der Waals surface area (Å²) < 4.78 is 79.0. The molecule has 2 N–H and O–H groups in total. The highest BCUT2D eigenvalue weighted by atomic mass is 35.5. The quantitative estimate of drug-likeness (QED) is 0.467. The number of hydrogen-bond acceptors (Lipinski definition) is 7. The normalized spacial score (nSPS) is 20.6. The standard InChI is InChI=1S/C18H18Cl4N2O7S3/c19-13-3-1-11(7-15(13)21)33(28,29)23-5-6-24(17-9-32(26,27)10-18(17)25)34(30,31)12-2-4-14(20)16(22)8-12/h1-4,7-8,17-18,23,25H,5-6,9-10H2/t17-,18-/m1/s1. The second kappa shape index (κ2) is 10.4. The Bertz CT molecular complexity index is 1420. The zero-order valence-electron chi connectivity index (χ0n) is 17.0. The Balaban J connectivity index is 1.90. The van der Waals surface area contributed by atoms with Crippen LogP contribution in [0.5, 0.6) is 0 Å². The zero-order chi connectivity index (χ0) is 25.5. The highest BCUT2D eigenvalue weighted by molar-refractivity contribution is 7.92. The first-order valence-corrected chi connectivity index (χ1v) is 15.7. The SMILES string of the molecule is O=S1(=O)C[C@@H](O)[C@H](N(CCNS(=O)(=O)c2ccc(Cl)c(Cl)c2)S(=O)(=O)c2ccc(Cl)c(Cl)c2)C1. The zero-order valence-corrected chi connectivity index (χ0v) is 22.5. The van der Waals surface area contributed by atoms with Crippen LogP contribution < -0.4 is 4.72 Å². The molecular formula is C18H18Cl4N2O7S3. The molecule has 1 fully saturated rings. The lowest BCUT2D eigenvalue weighted by Gasteiger charge is -2.29. The highest BCUT2D eigenvalue weighted by Crippen LogP contribution is 2.30. The fraction of sp³-hybridized carbons (Fsp3) is 0.333. The van der Waals surface area contributed by atoms with Crippen LogP contribution in [0.15, 0.2) is 46.2 Å². The topological polar surface area (TPSA) is 138 Å². The van der Waals surface area contributed by atoms with Crippen LogP contribution in [0.1, 0.15) is 0 Å². The number of rotatable bonds is 8. The van der Waals surface area contributed by atoms with Gasteiger partial charge in [0.15, 0.2) is 9.84 Å². The molecule has 0 radical (unpaired) electrons. The van der Waals surface area contributed by atoms with Crippen molar-refractivity contribution >= 4 is 76.3 Å². The third-order valence-electron chi connectivity index (χ3n) is 4.99.